The van der Waals surface area contributed by atoms with Gasteiger partial charge in [0.2, 0.25) is 5.95 Å². The van der Waals surface area contributed by atoms with Crippen molar-refractivity contribution in [2.75, 3.05) is 12.4 Å². The highest BCUT2D eigenvalue weighted by Crippen LogP contribution is 2.02. The summed E-state index contributed by atoms with van der Waals surface area (Å²) in [7, 11) is 1.63. The first-order valence-electron chi connectivity index (χ1n) is 4.37. The third-order valence-electron chi connectivity index (χ3n) is 1.86. The van der Waals surface area contributed by atoms with Gasteiger partial charge in [0.1, 0.15) is 5.69 Å². The SMILES string of the molecule is CNc1nc2ncc(/C=N/O)nc2c(=O)[nH]1. The molecule has 2 aromatic heterocycles. The Labute approximate surface area is 89.1 Å². The van der Waals surface area contributed by atoms with E-state index in [-0.39, 0.29) is 16.9 Å². The number of nitrogens with zero attached hydrogens (tertiary/aromatic N) is 4. The standard InChI is InChI=1S/C8H8N6O2/c1-9-8-13-6-5(7(15)14-8)12-4(2-10-6)3-11-16/h2-3,16H,1H3,(H2,9,10,13,14,15)/b11-3+. The van der Waals surface area contributed by atoms with Crippen LogP contribution in [0.5, 0.6) is 0 Å². The van der Waals surface area contributed by atoms with Crippen LogP contribution in [-0.2, 0) is 0 Å². The van der Waals surface area contributed by atoms with E-state index < -0.39 is 5.56 Å². The van der Waals surface area contributed by atoms with Crippen molar-refractivity contribution in [1.82, 2.24) is 19.9 Å². The minimum absolute atomic E-state index is 0.0939. The normalized spacial score (nSPS) is 11.1. The Morgan fingerprint density at radius 1 is 1.56 bits per heavy atom. The summed E-state index contributed by atoms with van der Waals surface area (Å²) in [4.78, 5) is 25.9. The highest BCUT2D eigenvalue weighted by molar-refractivity contribution is 5.80. The number of aromatic nitrogens is 4. The Kier molecular flexibility index (Phi) is 2.46. The second-order valence-corrected chi connectivity index (χ2v) is 2.88. The molecule has 0 aliphatic rings. The van der Waals surface area contributed by atoms with E-state index in [2.05, 4.69) is 30.4 Å². The largest absolute Gasteiger partial charge is 0.411 e. The maximum Gasteiger partial charge on any atom is 0.280 e. The van der Waals surface area contributed by atoms with Gasteiger partial charge < -0.3 is 10.5 Å². The number of hydrogen-bond acceptors (Lipinski definition) is 7. The minimum atomic E-state index is -0.407. The molecule has 0 radical (unpaired) electrons. The first-order chi connectivity index (χ1) is 7.74. The van der Waals surface area contributed by atoms with Crippen molar-refractivity contribution in [3.8, 4) is 0 Å². The molecule has 8 nitrogen and oxygen atoms in total. The molecule has 0 unspecified atom stereocenters. The molecule has 2 heterocycles. The van der Waals surface area contributed by atoms with Crippen molar-refractivity contribution < 1.29 is 5.21 Å². The summed E-state index contributed by atoms with van der Waals surface area (Å²) in [5.41, 5.74) is 0.189. The molecule has 0 bridgehead atoms. The molecule has 0 spiro atoms. The van der Waals surface area contributed by atoms with E-state index in [4.69, 9.17) is 5.21 Å². The van der Waals surface area contributed by atoms with Crippen LogP contribution in [-0.4, -0.2) is 38.4 Å². The predicted octanol–water partition coefficient (Wildman–Crippen LogP) is -0.437. The third-order valence-corrected chi connectivity index (χ3v) is 1.86. The molecular formula is C8H8N6O2. The number of fused-ring (bicyclic) bond motifs is 1. The van der Waals surface area contributed by atoms with Crippen LogP contribution in [0.2, 0.25) is 0 Å². The van der Waals surface area contributed by atoms with E-state index >= 15 is 0 Å². The van der Waals surface area contributed by atoms with Crippen molar-refractivity contribution in [3.63, 3.8) is 0 Å². The van der Waals surface area contributed by atoms with E-state index in [1.807, 2.05) is 0 Å². The highest BCUT2D eigenvalue weighted by atomic mass is 16.4. The molecule has 0 amide bonds. The van der Waals surface area contributed by atoms with Gasteiger partial charge in [0.25, 0.3) is 5.56 Å². The van der Waals surface area contributed by atoms with Crippen molar-refractivity contribution in [1.29, 1.82) is 0 Å². The molecule has 0 aromatic carbocycles. The Hall–Kier alpha value is -2.51. The van der Waals surface area contributed by atoms with Crippen LogP contribution in [0.15, 0.2) is 16.1 Å². The van der Waals surface area contributed by atoms with Crippen molar-refractivity contribution in [3.05, 3.63) is 22.2 Å². The van der Waals surface area contributed by atoms with Crippen LogP contribution in [0, 0.1) is 0 Å². The third kappa shape index (κ3) is 1.67. The fourth-order valence-corrected chi connectivity index (χ4v) is 1.17. The fourth-order valence-electron chi connectivity index (χ4n) is 1.17. The molecule has 3 N–H and O–H groups in total. The van der Waals surface area contributed by atoms with E-state index in [1.165, 1.54) is 6.20 Å². The van der Waals surface area contributed by atoms with Gasteiger partial charge in [-0.1, -0.05) is 5.16 Å². The average Bonchev–Trinajstić information content (AvgIpc) is 2.30. The Balaban J connectivity index is 2.70. The summed E-state index contributed by atoms with van der Waals surface area (Å²) >= 11 is 0. The van der Waals surface area contributed by atoms with Crippen molar-refractivity contribution in [2.24, 2.45) is 5.16 Å². The lowest BCUT2D eigenvalue weighted by molar-refractivity contribution is 0.321. The lowest BCUT2D eigenvalue weighted by Gasteiger charge is -2.00. The zero-order chi connectivity index (χ0) is 11.5. The molecule has 0 saturated carbocycles. The van der Waals surface area contributed by atoms with Gasteiger partial charge in [-0.05, 0) is 0 Å². The number of aromatic amines is 1. The summed E-state index contributed by atoms with van der Waals surface area (Å²) < 4.78 is 0. The van der Waals surface area contributed by atoms with Gasteiger partial charge >= 0.3 is 0 Å². The predicted molar refractivity (Wildman–Crippen MR) is 56.9 cm³/mol. The quantitative estimate of drug-likeness (QED) is 0.359. The van der Waals surface area contributed by atoms with E-state index in [1.54, 1.807) is 7.05 Å². The monoisotopic (exact) mass is 220 g/mol. The van der Waals surface area contributed by atoms with E-state index in [0.717, 1.165) is 6.21 Å². The summed E-state index contributed by atoms with van der Waals surface area (Å²) in [5.74, 6) is 0.315. The summed E-state index contributed by atoms with van der Waals surface area (Å²) in [5, 5.41) is 13.8. The maximum absolute atomic E-state index is 11.6. The molecular weight excluding hydrogens is 212 g/mol. The lowest BCUT2D eigenvalue weighted by Crippen LogP contribution is -2.14. The van der Waals surface area contributed by atoms with Crippen LogP contribution in [0.25, 0.3) is 11.2 Å². The van der Waals surface area contributed by atoms with Gasteiger partial charge in [0.05, 0.1) is 12.4 Å². The topological polar surface area (TPSA) is 116 Å². The molecule has 16 heavy (non-hydrogen) atoms. The first-order valence-corrected chi connectivity index (χ1v) is 4.37. The second kappa shape index (κ2) is 3.93. The van der Waals surface area contributed by atoms with E-state index in [9.17, 15) is 4.79 Å². The van der Waals surface area contributed by atoms with Gasteiger partial charge in [-0.25, -0.2) is 9.97 Å². The Morgan fingerprint density at radius 3 is 3.06 bits per heavy atom. The number of nitrogens with one attached hydrogen (secondary N) is 2. The van der Waals surface area contributed by atoms with Crippen molar-refractivity contribution >= 4 is 23.3 Å². The van der Waals surface area contributed by atoms with Gasteiger partial charge in [-0.15, -0.1) is 0 Å². The molecule has 2 rings (SSSR count). The van der Waals surface area contributed by atoms with Gasteiger partial charge in [0.15, 0.2) is 11.2 Å². The zero-order valence-corrected chi connectivity index (χ0v) is 8.30. The summed E-state index contributed by atoms with van der Waals surface area (Å²) in [6.07, 6.45) is 2.44. The Bertz CT molecular complexity index is 605. The van der Waals surface area contributed by atoms with Crippen molar-refractivity contribution in [2.45, 2.75) is 0 Å². The van der Waals surface area contributed by atoms with E-state index in [0.29, 0.717) is 5.95 Å². The number of rotatable bonds is 2. The number of H-pyrrole nitrogens is 1. The van der Waals surface area contributed by atoms with Gasteiger partial charge in [-0.3, -0.25) is 9.78 Å². The molecule has 0 atom stereocenters. The smallest absolute Gasteiger partial charge is 0.280 e. The lowest BCUT2D eigenvalue weighted by atomic mass is 10.4. The number of anilines is 1. The summed E-state index contributed by atoms with van der Waals surface area (Å²) in [6.45, 7) is 0. The molecule has 2 aromatic rings. The Morgan fingerprint density at radius 2 is 2.38 bits per heavy atom. The molecule has 0 aliphatic carbocycles. The maximum atomic E-state index is 11.6. The minimum Gasteiger partial charge on any atom is -0.411 e. The van der Waals surface area contributed by atoms with Gasteiger partial charge in [-0.2, -0.15) is 4.98 Å². The highest BCUT2D eigenvalue weighted by Gasteiger charge is 2.06. The first kappa shape index (κ1) is 10.0. The second-order valence-electron chi connectivity index (χ2n) is 2.88. The van der Waals surface area contributed by atoms with Gasteiger partial charge in [0, 0.05) is 7.05 Å². The number of hydrogen-bond donors (Lipinski definition) is 3. The number of oxime groups is 1. The zero-order valence-electron chi connectivity index (χ0n) is 8.30. The average molecular weight is 220 g/mol. The summed E-state index contributed by atoms with van der Waals surface area (Å²) in [6, 6.07) is 0. The molecule has 0 fully saturated rings. The molecule has 0 saturated heterocycles. The molecule has 82 valence electrons. The van der Waals surface area contributed by atoms with Crippen LogP contribution in [0.4, 0.5) is 5.95 Å². The molecule has 8 heteroatoms. The fraction of sp³-hybridized carbons (Fsp3) is 0.125. The van der Waals surface area contributed by atoms with Crippen LogP contribution in [0.3, 0.4) is 0 Å². The van der Waals surface area contributed by atoms with Crippen LogP contribution >= 0.6 is 0 Å². The van der Waals surface area contributed by atoms with Crippen LogP contribution < -0.4 is 10.9 Å². The molecule has 0 aliphatic heterocycles. The van der Waals surface area contributed by atoms with Crippen LogP contribution in [0.1, 0.15) is 5.69 Å².